The van der Waals surface area contributed by atoms with Gasteiger partial charge in [0.2, 0.25) is 5.88 Å². The Morgan fingerprint density at radius 1 is 1.23 bits per heavy atom. The summed E-state index contributed by atoms with van der Waals surface area (Å²) in [7, 11) is 0. The average molecular weight is 367 g/mol. The van der Waals surface area contributed by atoms with Gasteiger partial charge in [-0.05, 0) is 25.1 Å². The molecule has 0 bridgehead atoms. The lowest BCUT2D eigenvalue weighted by Gasteiger charge is -2.21. The summed E-state index contributed by atoms with van der Waals surface area (Å²) in [5, 5.41) is 16.1. The smallest absolute Gasteiger partial charge is 0.418 e. The second kappa shape index (κ2) is 6.54. The minimum absolute atomic E-state index is 0.0172. The summed E-state index contributed by atoms with van der Waals surface area (Å²) < 4.78 is 45.6. The van der Waals surface area contributed by atoms with E-state index in [2.05, 4.69) is 20.2 Å². The number of pyridine rings is 2. The molecule has 0 saturated carbocycles. The molecule has 0 saturated heterocycles. The molecule has 0 radical (unpaired) electrons. The van der Waals surface area contributed by atoms with Gasteiger partial charge < -0.3 is 15.6 Å². The van der Waals surface area contributed by atoms with Crippen molar-refractivity contribution in [2.45, 2.75) is 18.6 Å². The van der Waals surface area contributed by atoms with Gasteiger partial charge in [-0.15, -0.1) is 0 Å². The van der Waals surface area contributed by atoms with Crippen molar-refractivity contribution in [3.63, 3.8) is 0 Å². The summed E-state index contributed by atoms with van der Waals surface area (Å²) in [4.78, 5) is 8.00. The highest BCUT2D eigenvalue weighted by Gasteiger charge is 2.36. The number of aliphatic hydroxyl groups is 1. The number of nitrogens with zero attached hydrogens (tertiary/aromatic N) is 3. The Balaban J connectivity index is 2.07. The second-order valence-corrected chi connectivity index (χ2v) is 6.12. The number of H-pyrrole nitrogens is 1. The Bertz CT molecular complexity index is 924. The molecule has 0 aromatic carbocycles. The number of halogens is 3. The number of aromatic nitrogens is 4. The molecule has 0 aliphatic carbocycles. The Labute approximate surface area is 146 Å². The number of hydrogen-bond acceptors (Lipinski definition) is 6. The fourth-order valence-corrected chi connectivity index (χ4v) is 2.25. The highest BCUT2D eigenvalue weighted by molar-refractivity contribution is 5.90. The topological polar surface area (TPSA) is 110 Å². The number of nitrogens with two attached hydrogens (primary N) is 1. The van der Waals surface area contributed by atoms with Gasteiger partial charge in [0.25, 0.3) is 0 Å². The predicted octanol–water partition coefficient (Wildman–Crippen LogP) is 2.13. The van der Waals surface area contributed by atoms with E-state index in [0.29, 0.717) is 11.0 Å². The fourth-order valence-electron chi connectivity index (χ4n) is 2.25. The molecule has 0 amide bonds. The van der Waals surface area contributed by atoms with Crippen LogP contribution in [-0.4, -0.2) is 44.0 Å². The Hall–Kier alpha value is -2.72. The summed E-state index contributed by atoms with van der Waals surface area (Å²) in [5.74, 6) is -0.0573. The molecule has 0 aliphatic rings. The quantitative estimate of drug-likeness (QED) is 0.637. The molecule has 0 fully saturated rings. The molecule has 1 unspecified atom stereocenters. The zero-order valence-electron chi connectivity index (χ0n) is 13.7. The van der Waals surface area contributed by atoms with Crippen LogP contribution < -0.4 is 10.5 Å². The van der Waals surface area contributed by atoms with E-state index in [9.17, 15) is 13.2 Å². The van der Waals surface area contributed by atoms with Crippen LogP contribution in [0, 0.1) is 0 Å². The van der Waals surface area contributed by atoms with Gasteiger partial charge >= 0.3 is 6.18 Å². The molecular formula is C16H16F3N5O2. The first-order valence-corrected chi connectivity index (χ1v) is 7.61. The van der Waals surface area contributed by atoms with Gasteiger partial charge in [-0.1, -0.05) is 0 Å². The number of aromatic amines is 1. The number of alkyl halides is 3. The Morgan fingerprint density at radius 2 is 2.00 bits per heavy atom. The highest BCUT2D eigenvalue weighted by Crippen LogP contribution is 2.38. The van der Waals surface area contributed by atoms with E-state index in [4.69, 9.17) is 15.6 Å². The number of fused-ring (bicyclic) bond motifs is 1. The van der Waals surface area contributed by atoms with Crippen molar-refractivity contribution in [3.8, 4) is 17.3 Å². The highest BCUT2D eigenvalue weighted by atomic mass is 19.4. The van der Waals surface area contributed by atoms with Gasteiger partial charge in [0.15, 0.2) is 5.65 Å². The summed E-state index contributed by atoms with van der Waals surface area (Å²) in [6.45, 7) is 1.07. The lowest BCUT2D eigenvalue weighted by molar-refractivity contribution is -0.137. The minimum Gasteiger partial charge on any atom is -0.476 e. The molecule has 4 N–H and O–H groups in total. The molecule has 3 rings (SSSR count). The van der Waals surface area contributed by atoms with E-state index >= 15 is 0 Å². The summed E-state index contributed by atoms with van der Waals surface area (Å²) >= 11 is 0. The first kappa shape index (κ1) is 18.1. The zero-order valence-corrected chi connectivity index (χ0v) is 13.7. The minimum atomic E-state index is -4.62. The van der Waals surface area contributed by atoms with Crippen molar-refractivity contribution < 1.29 is 23.0 Å². The lowest BCUT2D eigenvalue weighted by Crippen LogP contribution is -2.46. The van der Waals surface area contributed by atoms with Crippen LogP contribution in [0.4, 0.5) is 13.2 Å². The molecule has 0 spiro atoms. The molecule has 0 aliphatic heterocycles. The van der Waals surface area contributed by atoms with E-state index in [0.717, 1.165) is 12.1 Å². The van der Waals surface area contributed by atoms with Gasteiger partial charge in [0, 0.05) is 17.6 Å². The number of nitrogens with one attached hydrogen (secondary N) is 1. The van der Waals surface area contributed by atoms with Crippen LogP contribution in [0.5, 0.6) is 5.88 Å². The summed E-state index contributed by atoms with van der Waals surface area (Å²) in [6.07, 6.45) is -3.12. The van der Waals surface area contributed by atoms with Crippen LogP contribution >= 0.6 is 0 Å². The molecular weight excluding hydrogens is 351 g/mol. The van der Waals surface area contributed by atoms with Gasteiger partial charge in [-0.25, -0.2) is 9.97 Å². The monoisotopic (exact) mass is 367 g/mol. The van der Waals surface area contributed by atoms with Crippen LogP contribution in [0.1, 0.15) is 12.5 Å². The Kier molecular flexibility index (Phi) is 4.55. The van der Waals surface area contributed by atoms with Crippen LogP contribution in [0.15, 0.2) is 30.5 Å². The standard InChI is InChI=1S/C16H16F3N5O2/c1-15(20,7-25)8-26-11-5-4-10(16(17,18)19)13(22-11)12-9-3-2-6-21-14(9)24-23-12/h2-6,25H,7-8,20H2,1H3,(H,21,23,24). The van der Waals surface area contributed by atoms with Crippen molar-refractivity contribution in [3.05, 3.63) is 36.0 Å². The van der Waals surface area contributed by atoms with E-state index in [-0.39, 0.29) is 30.5 Å². The molecule has 10 heteroatoms. The first-order valence-electron chi connectivity index (χ1n) is 7.61. The largest absolute Gasteiger partial charge is 0.476 e. The van der Waals surface area contributed by atoms with Gasteiger partial charge in [-0.2, -0.15) is 18.3 Å². The SMILES string of the molecule is CC(N)(CO)COc1ccc(C(F)(F)F)c(-c2n[nH]c3ncccc23)n1. The number of ether oxygens (including phenoxy) is 1. The first-order chi connectivity index (χ1) is 12.2. The molecule has 7 nitrogen and oxygen atoms in total. The van der Waals surface area contributed by atoms with E-state index in [1.54, 1.807) is 19.1 Å². The average Bonchev–Trinajstić information content (AvgIpc) is 3.03. The number of rotatable bonds is 5. The third-order valence-electron chi connectivity index (χ3n) is 3.65. The van der Waals surface area contributed by atoms with E-state index in [1.807, 2.05) is 0 Å². The third kappa shape index (κ3) is 3.60. The second-order valence-electron chi connectivity index (χ2n) is 6.12. The van der Waals surface area contributed by atoms with Gasteiger partial charge in [0.05, 0.1) is 17.7 Å². The Morgan fingerprint density at radius 3 is 2.69 bits per heavy atom. The zero-order chi connectivity index (χ0) is 18.9. The maximum Gasteiger partial charge on any atom is 0.418 e. The molecule has 26 heavy (non-hydrogen) atoms. The molecule has 1 atom stereocenters. The molecule has 138 valence electrons. The van der Waals surface area contributed by atoms with Crippen molar-refractivity contribution >= 4 is 11.0 Å². The third-order valence-corrected chi connectivity index (χ3v) is 3.65. The van der Waals surface area contributed by atoms with Crippen molar-refractivity contribution in [2.75, 3.05) is 13.2 Å². The normalized spacial score (nSPS) is 14.4. The summed E-state index contributed by atoms with van der Waals surface area (Å²) in [5.41, 5.74) is 3.75. The maximum atomic E-state index is 13.4. The van der Waals surface area contributed by atoms with E-state index in [1.165, 1.54) is 6.20 Å². The number of hydrogen-bond donors (Lipinski definition) is 3. The van der Waals surface area contributed by atoms with Crippen LogP contribution in [0.3, 0.4) is 0 Å². The van der Waals surface area contributed by atoms with Crippen LogP contribution in [0.2, 0.25) is 0 Å². The van der Waals surface area contributed by atoms with Crippen LogP contribution in [0.25, 0.3) is 22.4 Å². The van der Waals surface area contributed by atoms with Crippen LogP contribution in [-0.2, 0) is 6.18 Å². The molecule has 3 heterocycles. The van der Waals surface area contributed by atoms with Crippen molar-refractivity contribution in [2.24, 2.45) is 5.73 Å². The lowest BCUT2D eigenvalue weighted by atomic mass is 10.1. The summed E-state index contributed by atoms with van der Waals surface area (Å²) in [6, 6.07) is 5.17. The maximum absolute atomic E-state index is 13.4. The van der Waals surface area contributed by atoms with Crippen molar-refractivity contribution in [1.82, 2.24) is 20.2 Å². The molecule has 3 aromatic rings. The van der Waals surface area contributed by atoms with Gasteiger partial charge in [0.1, 0.15) is 18.0 Å². The van der Waals surface area contributed by atoms with Gasteiger partial charge in [-0.3, -0.25) is 5.10 Å². The fraction of sp³-hybridized carbons (Fsp3) is 0.312. The van der Waals surface area contributed by atoms with E-state index < -0.39 is 17.3 Å². The molecule has 3 aromatic heterocycles. The predicted molar refractivity (Wildman–Crippen MR) is 87.3 cm³/mol. The van der Waals surface area contributed by atoms with Crippen molar-refractivity contribution in [1.29, 1.82) is 0 Å². The number of aliphatic hydroxyl groups excluding tert-OH is 1.